The Morgan fingerprint density at radius 2 is 1.77 bits per heavy atom. The van der Waals surface area contributed by atoms with Crippen LogP contribution in [0.15, 0.2) is 0 Å². The average Bonchev–Trinajstić information content (AvgIpc) is 2.20. The molecule has 0 fully saturated rings. The molecule has 0 aliphatic rings. The van der Waals surface area contributed by atoms with E-state index in [1.165, 1.54) is 0 Å². The lowest BCUT2D eigenvalue weighted by Gasteiger charge is -2.28. The second-order valence-electron chi connectivity index (χ2n) is 3.41. The summed E-state index contributed by atoms with van der Waals surface area (Å²) >= 11 is 0. The minimum Gasteiger partial charge on any atom is -0.396 e. The predicted molar refractivity (Wildman–Crippen MR) is 52.8 cm³/mol. The van der Waals surface area contributed by atoms with Crippen molar-refractivity contribution in [1.29, 1.82) is 0 Å². The van der Waals surface area contributed by atoms with Crippen LogP contribution in [0.1, 0.15) is 26.7 Å². The van der Waals surface area contributed by atoms with Crippen molar-refractivity contribution in [1.82, 2.24) is 0 Å². The van der Waals surface area contributed by atoms with Gasteiger partial charge in [0, 0.05) is 12.5 Å². The van der Waals surface area contributed by atoms with Gasteiger partial charge in [0.25, 0.3) is 0 Å². The molecule has 0 rings (SSSR count). The second-order valence-corrected chi connectivity index (χ2v) is 3.41. The van der Waals surface area contributed by atoms with Crippen LogP contribution in [0.2, 0.25) is 0 Å². The Morgan fingerprint density at radius 1 is 1.15 bits per heavy atom. The van der Waals surface area contributed by atoms with Crippen LogP contribution in [-0.4, -0.2) is 38.6 Å². The number of aliphatic hydroxyl groups excluding tert-OH is 1. The Kier molecular flexibility index (Phi) is 7.23. The molecular formula is C10H22O3. The van der Waals surface area contributed by atoms with Crippen LogP contribution in [0.4, 0.5) is 0 Å². The van der Waals surface area contributed by atoms with Gasteiger partial charge in [0.1, 0.15) is 0 Å². The maximum absolute atomic E-state index is 9.22. The molecule has 0 aliphatic carbocycles. The summed E-state index contributed by atoms with van der Waals surface area (Å²) in [6, 6.07) is 0. The van der Waals surface area contributed by atoms with E-state index in [1.54, 1.807) is 7.11 Å². The number of hydrogen-bond donors (Lipinski definition) is 1. The maximum Gasteiger partial charge on any atom is 0.0700 e. The monoisotopic (exact) mass is 190 g/mol. The third kappa shape index (κ3) is 4.60. The molecule has 3 nitrogen and oxygen atoms in total. The fraction of sp³-hybridized carbons (Fsp3) is 1.00. The molecular weight excluding hydrogens is 168 g/mol. The van der Waals surface area contributed by atoms with Crippen molar-refractivity contribution in [2.24, 2.45) is 5.41 Å². The van der Waals surface area contributed by atoms with E-state index in [9.17, 15) is 5.11 Å². The zero-order valence-electron chi connectivity index (χ0n) is 9.01. The summed E-state index contributed by atoms with van der Waals surface area (Å²) in [5, 5.41) is 9.22. The van der Waals surface area contributed by atoms with Gasteiger partial charge in [-0.2, -0.15) is 0 Å². The van der Waals surface area contributed by atoms with Crippen LogP contribution < -0.4 is 0 Å². The second kappa shape index (κ2) is 7.30. The van der Waals surface area contributed by atoms with E-state index >= 15 is 0 Å². The molecule has 0 heterocycles. The van der Waals surface area contributed by atoms with Crippen molar-refractivity contribution in [2.75, 3.05) is 33.5 Å². The molecule has 0 aliphatic heterocycles. The van der Waals surface area contributed by atoms with Crippen molar-refractivity contribution in [3.05, 3.63) is 0 Å². The van der Waals surface area contributed by atoms with Gasteiger partial charge in [-0.05, 0) is 12.8 Å². The van der Waals surface area contributed by atoms with Gasteiger partial charge in [-0.1, -0.05) is 13.8 Å². The number of rotatable bonds is 8. The maximum atomic E-state index is 9.22. The van der Waals surface area contributed by atoms with Crippen molar-refractivity contribution in [2.45, 2.75) is 26.7 Å². The fourth-order valence-corrected chi connectivity index (χ4v) is 1.15. The van der Waals surface area contributed by atoms with Gasteiger partial charge in [0.15, 0.2) is 0 Å². The molecule has 0 radical (unpaired) electrons. The molecule has 0 aromatic rings. The topological polar surface area (TPSA) is 38.7 Å². The molecule has 0 amide bonds. The highest BCUT2D eigenvalue weighted by Gasteiger charge is 2.25. The van der Waals surface area contributed by atoms with Crippen molar-refractivity contribution in [3.8, 4) is 0 Å². The summed E-state index contributed by atoms with van der Waals surface area (Å²) in [6.45, 7) is 6.22. The molecule has 80 valence electrons. The first-order valence-electron chi connectivity index (χ1n) is 4.92. The number of aliphatic hydroxyl groups is 1. The van der Waals surface area contributed by atoms with E-state index in [1.807, 2.05) is 0 Å². The molecule has 13 heavy (non-hydrogen) atoms. The van der Waals surface area contributed by atoms with E-state index < -0.39 is 0 Å². The molecule has 3 heteroatoms. The van der Waals surface area contributed by atoms with Crippen molar-refractivity contribution < 1.29 is 14.6 Å². The van der Waals surface area contributed by atoms with Crippen molar-refractivity contribution >= 4 is 0 Å². The largest absolute Gasteiger partial charge is 0.396 e. The van der Waals surface area contributed by atoms with Crippen LogP contribution in [-0.2, 0) is 9.47 Å². The fourth-order valence-electron chi connectivity index (χ4n) is 1.15. The van der Waals surface area contributed by atoms with Gasteiger partial charge >= 0.3 is 0 Å². The van der Waals surface area contributed by atoms with E-state index in [4.69, 9.17) is 9.47 Å². The highest BCUT2D eigenvalue weighted by molar-refractivity contribution is 4.74. The number of ether oxygens (including phenoxy) is 2. The summed E-state index contributed by atoms with van der Waals surface area (Å²) in [7, 11) is 1.66. The lowest BCUT2D eigenvalue weighted by Crippen LogP contribution is -2.30. The van der Waals surface area contributed by atoms with E-state index in [0.29, 0.717) is 19.8 Å². The Morgan fingerprint density at radius 3 is 2.15 bits per heavy atom. The minimum absolute atomic E-state index is 0.0479. The number of methoxy groups -OCH3 is 1. The first-order valence-corrected chi connectivity index (χ1v) is 4.92. The predicted octanol–water partition coefficient (Wildman–Crippen LogP) is 1.45. The minimum atomic E-state index is -0.0479. The van der Waals surface area contributed by atoms with Gasteiger partial charge < -0.3 is 14.6 Å². The summed E-state index contributed by atoms with van der Waals surface area (Å²) in [4.78, 5) is 0. The molecule has 0 spiro atoms. The van der Waals surface area contributed by atoms with Gasteiger partial charge in [-0.3, -0.25) is 0 Å². The van der Waals surface area contributed by atoms with Gasteiger partial charge in [0.2, 0.25) is 0 Å². The highest BCUT2D eigenvalue weighted by atomic mass is 16.5. The lowest BCUT2D eigenvalue weighted by molar-refractivity contribution is -0.0149. The molecule has 0 bridgehead atoms. The van der Waals surface area contributed by atoms with Gasteiger partial charge in [-0.25, -0.2) is 0 Å². The third-order valence-corrected chi connectivity index (χ3v) is 2.68. The van der Waals surface area contributed by atoms with E-state index in [0.717, 1.165) is 12.8 Å². The Bertz CT molecular complexity index is 102. The first-order chi connectivity index (χ1) is 6.24. The molecule has 0 atom stereocenters. The standard InChI is InChI=1S/C10H22O3/c1-4-10(5-2,8-11)9-13-7-6-12-3/h11H,4-9H2,1-3H3. The Hall–Kier alpha value is -0.120. The Labute approximate surface area is 81.0 Å². The number of hydrogen-bond acceptors (Lipinski definition) is 3. The quantitative estimate of drug-likeness (QED) is 0.589. The SMILES string of the molecule is CCC(CC)(CO)COCCOC. The summed E-state index contributed by atoms with van der Waals surface area (Å²) in [5.41, 5.74) is -0.0479. The van der Waals surface area contributed by atoms with Crippen LogP contribution in [0.5, 0.6) is 0 Å². The summed E-state index contributed by atoms with van der Waals surface area (Å²) in [5.74, 6) is 0. The molecule has 0 aromatic heterocycles. The molecule has 0 unspecified atom stereocenters. The zero-order chi connectivity index (χ0) is 10.2. The highest BCUT2D eigenvalue weighted by Crippen LogP contribution is 2.25. The van der Waals surface area contributed by atoms with Gasteiger partial charge in [0.05, 0.1) is 26.4 Å². The van der Waals surface area contributed by atoms with Crippen molar-refractivity contribution in [3.63, 3.8) is 0 Å². The molecule has 1 N–H and O–H groups in total. The smallest absolute Gasteiger partial charge is 0.0700 e. The molecule has 0 saturated heterocycles. The van der Waals surface area contributed by atoms with E-state index in [-0.39, 0.29) is 12.0 Å². The first kappa shape index (κ1) is 12.9. The zero-order valence-corrected chi connectivity index (χ0v) is 9.01. The Balaban J connectivity index is 3.68. The van der Waals surface area contributed by atoms with Crippen LogP contribution >= 0.6 is 0 Å². The average molecular weight is 190 g/mol. The summed E-state index contributed by atoms with van der Waals surface area (Å²) < 4.78 is 10.3. The van der Waals surface area contributed by atoms with Crippen LogP contribution in [0, 0.1) is 5.41 Å². The van der Waals surface area contributed by atoms with Gasteiger partial charge in [-0.15, -0.1) is 0 Å². The van der Waals surface area contributed by atoms with Crippen LogP contribution in [0.25, 0.3) is 0 Å². The van der Waals surface area contributed by atoms with Crippen LogP contribution in [0.3, 0.4) is 0 Å². The normalized spacial score (nSPS) is 12.0. The lowest BCUT2D eigenvalue weighted by atomic mass is 9.84. The molecule has 0 saturated carbocycles. The summed E-state index contributed by atoms with van der Waals surface area (Å²) in [6.07, 6.45) is 1.90. The third-order valence-electron chi connectivity index (χ3n) is 2.68. The van der Waals surface area contributed by atoms with E-state index in [2.05, 4.69) is 13.8 Å². The molecule has 0 aromatic carbocycles.